The number of esters is 1. The maximum absolute atomic E-state index is 12.5. The number of ether oxygens (including phenoxy) is 1. The van der Waals surface area contributed by atoms with E-state index in [0.717, 1.165) is 9.78 Å². The molecule has 2 aliphatic heterocycles. The summed E-state index contributed by atoms with van der Waals surface area (Å²) in [4.78, 5) is 50.2. The Morgan fingerprint density at radius 2 is 2.21 bits per heavy atom. The second-order valence-electron chi connectivity index (χ2n) is 6.34. The van der Waals surface area contributed by atoms with Crippen LogP contribution in [0.15, 0.2) is 28.8 Å². The summed E-state index contributed by atoms with van der Waals surface area (Å²) < 4.78 is 5.02. The number of carboxylic acid groups (broad SMARTS) is 1. The SMILES string of the molecule is N[C@@H](CCl)C(=O)OCC1=C(C(=O)O)N2C(=O)[C@@H](NC(=O)Cc3cccs3)[C@@H]2SC1. The third kappa shape index (κ3) is 4.58. The van der Waals surface area contributed by atoms with E-state index in [0.29, 0.717) is 0 Å². The van der Waals surface area contributed by atoms with Gasteiger partial charge < -0.3 is 20.9 Å². The Balaban J connectivity index is 1.66. The highest BCUT2D eigenvalue weighted by Gasteiger charge is 2.54. The molecule has 0 saturated carbocycles. The Hall–Kier alpha value is -2.08. The van der Waals surface area contributed by atoms with E-state index in [1.54, 1.807) is 0 Å². The van der Waals surface area contributed by atoms with Crippen LogP contribution in [0.3, 0.4) is 0 Å². The van der Waals surface area contributed by atoms with Crippen LogP contribution < -0.4 is 11.1 Å². The summed E-state index contributed by atoms with van der Waals surface area (Å²) >= 11 is 8.23. The number of nitrogens with two attached hydrogens (primary N) is 1. The minimum Gasteiger partial charge on any atom is -0.477 e. The van der Waals surface area contributed by atoms with Crippen LogP contribution in [0.4, 0.5) is 0 Å². The smallest absolute Gasteiger partial charge is 0.352 e. The fourth-order valence-corrected chi connectivity index (χ4v) is 5.08. The monoisotopic (exact) mass is 459 g/mol. The van der Waals surface area contributed by atoms with Crippen molar-refractivity contribution in [3.8, 4) is 0 Å². The summed E-state index contributed by atoms with van der Waals surface area (Å²) in [5, 5.41) is 13.6. The number of β-lactam (4-membered cyclic amide) rings is 1. The summed E-state index contributed by atoms with van der Waals surface area (Å²) in [5.74, 6) is -2.77. The highest BCUT2D eigenvalue weighted by Crippen LogP contribution is 2.40. The molecule has 3 rings (SSSR count). The van der Waals surface area contributed by atoms with Crippen molar-refractivity contribution in [2.75, 3.05) is 18.2 Å². The Kier molecular flexibility index (Phi) is 6.83. The zero-order valence-electron chi connectivity index (χ0n) is 15.0. The van der Waals surface area contributed by atoms with Gasteiger partial charge in [-0.15, -0.1) is 34.7 Å². The predicted molar refractivity (Wildman–Crippen MR) is 107 cm³/mol. The molecule has 1 aromatic heterocycles. The standard InChI is InChI=1S/C17H18ClN3O6S2/c18-5-10(19)17(26)27-6-8-7-29-15-12(14(23)21(15)13(8)16(24)25)20-11(22)4-9-2-1-3-28-9/h1-3,10,12,15H,4-7,19H2,(H,20,22)(H,24,25)/t10-,12+,15-/m0/s1. The number of carbonyl (C=O) groups is 4. The van der Waals surface area contributed by atoms with Crippen molar-refractivity contribution in [3.63, 3.8) is 0 Å². The number of hydrogen-bond acceptors (Lipinski definition) is 8. The Morgan fingerprint density at radius 1 is 1.45 bits per heavy atom. The molecule has 9 nitrogen and oxygen atoms in total. The van der Waals surface area contributed by atoms with Crippen LogP contribution in [0.5, 0.6) is 0 Å². The molecule has 0 radical (unpaired) electrons. The van der Waals surface area contributed by atoms with Crippen molar-refractivity contribution >= 4 is 58.5 Å². The fourth-order valence-electron chi connectivity index (χ4n) is 2.92. The van der Waals surface area contributed by atoms with Crippen molar-refractivity contribution in [3.05, 3.63) is 33.7 Å². The molecule has 0 unspecified atom stereocenters. The van der Waals surface area contributed by atoms with E-state index in [2.05, 4.69) is 5.32 Å². The van der Waals surface area contributed by atoms with Crippen LogP contribution in [0.2, 0.25) is 0 Å². The molecule has 0 aliphatic carbocycles. The molecule has 156 valence electrons. The largest absolute Gasteiger partial charge is 0.477 e. The molecule has 1 saturated heterocycles. The first-order chi connectivity index (χ1) is 13.8. The van der Waals surface area contributed by atoms with Gasteiger partial charge in [0.05, 0.1) is 6.42 Å². The number of halogens is 1. The molecule has 0 aromatic carbocycles. The lowest BCUT2D eigenvalue weighted by Gasteiger charge is -2.49. The van der Waals surface area contributed by atoms with Crippen molar-refractivity contribution in [2.45, 2.75) is 23.9 Å². The predicted octanol–water partition coefficient (Wildman–Crippen LogP) is 0.139. The Labute approximate surface area is 179 Å². The summed E-state index contributed by atoms with van der Waals surface area (Å²) in [7, 11) is 0. The van der Waals surface area contributed by atoms with E-state index >= 15 is 0 Å². The minimum absolute atomic E-state index is 0.127. The number of thiophene rings is 1. The highest BCUT2D eigenvalue weighted by atomic mass is 35.5. The number of thioether (sulfide) groups is 1. The number of alkyl halides is 1. The quantitative estimate of drug-likeness (QED) is 0.283. The lowest BCUT2D eigenvalue weighted by atomic mass is 10.0. The molecular weight excluding hydrogens is 442 g/mol. The average molecular weight is 460 g/mol. The van der Waals surface area contributed by atoms with Crippen molar-refractivity contribution in [2.24, 2.45) is 5.73 Å². The number of hydrogen-bond donors (Lipinski definition) is 3. The van der Waals surface area contributed by atoms with Crippen LogP contribution in [0, 0.1) is 0 Å². The summed E-state index contributed by atoms with van der Waals surface area (Å²) in [6.07, 6.45) is 0.155. The first kappa shape index (κ1) is 21.6. The molecule has 2 amide bonds. The molecule has 0 bridgehead atoms. The first-order valence-corrected chi connectivity index (χ1v) is 11.0. The maximum atomic E-state index is 12.5. The van der Waals surface area contributed by atoms with Gasteiger partial charge in [-0.25, -0.2) is 4.79 Å². The normalized spacial score (nSPS) is 21.9. The van der Waals surface area contributed by atoms with Crippen LogP contribution in [-0.2, 0) is 30.3 Å². The van der Waals surface area contributed by atoms with Gasteiger partial charge in [-0.1, -0.05) is 6.07 Å². The van der Waals surface area contributed by atoms with Crippen molar-refractivity contribution in [1.82, 2.24) is 10.2 Å². The third-order valence-electron chi connectivity index (χ3n) is 4.34. The molecule has 0 spiro atoms. The van der Waals surface area contributed by atoms with Gasteiger partial charge in [0.1, 0.15) is 29.8 Å². The highest BCUT2D eigenvalue weighted by molar-refractivity contribution is 8.00. The van der Waals surface area contributed by atoms with E-state index in [-0.39, 0.29) is 41.8 Å². The van der Waals surface area contributed by atoms with E-state index < -0.39 is 35.3 Å². The van der Waals surface area contributed by atoms with Gasteiger partial charge in [0.2, 0.25) is 5.91 Å². The van der Waals surface area contributed by atoms with Gasteiger partial charge in [0.15, 0.2) is 0 Å². The Morgan fingerprint density at radius 3 is 2.83 bits per heavy atom. The van der Waals surface area contributed by atoms with E-state index in [1.807, 2.05) is 17.5 Å². The summed E-state index contributed by atoms with van der Waals surface area (Å²) in [6.45, 7) is -0.302. The zero-order chi connectivity index (χ0) is 21.1. The summed E-state index contributed by atoms with van der Waals surface area (Å²) in [5.41, 5.74) is 5.53. The molecule has 29 heavy (non-hydrogen) atoms. The topological polar surface area (TPSA) is 139 Å². The minimum atomic E-state index is -1.31. The molecule has 3 atom stereocenters. The third-order valence-corrected chi connectivity index (χ3v) is 6.89. The number of nitrogens with zero attached hydrogens (tertiary/aromatic N) is 1. The second-order valence-corrected chi connectivity index (χ2v) is 8.78. The molecule has 1 aromatic rings. The van der Waals surface area contributed by atoms with E-state index in [1.165, 1.54) is 23.1 Å². The van der Waals surface area contributed by atoms with Gasteiger partial charge in [-0.05, 0) is 11.4 Å². The molecule has 12 heteroatoms. The second kappa shape index (κ2) is 9.16. The van der Waals surface area contributed by atoms with Crippen LogP contribution in [0.25, 0.3) is 0 Å². The number of amides is 2. The average Bonchev–Trinajstić information content (AvgIpc) is 3.21. The van der Waals surface area contributed by atoms with E-state index in [4.69, 9.17) is 22.1 Å². The van der Waals surface area contributed by atoms with Gasteiger partial charge in [0, 0.05) is 22.1 Å². The molecule has 4 N–H and O–H groups in total. The van der Waals surface area contributed by atoms with Gasteiger partial charge >= 0.3 is 11.9 Å². The summed E-state index contributed by atoms with van der Waals surface area (Å²) in [6, 6.07) is 1.85. The number of carboxylic acids is 1. The number of nitrogens with one attached hydrogen (secondary N) is 1. The van der Waals surface area contributed by atoms with Crippen LogP contribution in [-0.4, -0.2) is 69.5 Å². The van der Waals surface area contributed by atoms with Gasteiger partial charge in [-0.2, -0.15) is 0 Å². The molecule has 2 aliphatic rings. The lowest BCUT2D eigenvalue weighted by molar-refractivity contribution is -0.151. The van der Waals surface area contributed by atoms with Crippen molar-refractivity contribution in [1.29, 1.82) is 0 Å². The van der Waals surface area contributed by atoms with Crippen LogP contribution in [0.1, 0.15) is 4.88 Å². The maximum Gasteiger partial charge on any atom is 0.352 e. The lowest BCUT2D eigenvalue weighted by Crippen LogP contribution is -2.70. The first-order valence-electron chi connectivity index (χ1n) is 8.53. The number of carbonyl (C=O) groups excluding carboxylic acids is 3. The Bertz CT molecular complexity index is 859. The zero-order valence-corrected chi connectivity index (χ0v) is 17.4. The molecular formula is C17H18ClN3O6S2. The number of aliphatic carboxylic acids is 1. The van der Waals surface area contributed by atoms with E-state index in [9.17, 15) is 24.3 Å². The molecule has 3 heterocycles. The van der Waals surface area contributed by atoms with Crippen molar-refractivity contribution < 1.29 is 29.0 Å². The van der Waals surface area contributed by atoms with Crippen LogP contribution >= 0.6 is 34.7 Å². The fraction of sp³-hybridized carbons (Fsp3) is 0.412. The van der Waals surface area contributed by atoms with Gasteiger partial charge in [0.25, 0.3) is 5.91 Å². The molecule has 1 fully saturated rings. The number of fused-ring (bicyclic) bond motifs is 1. The van der Waals surface area contributed by atoms with Gasteiger partial charge in [-0.3, -0.25) is 19.3 Å². The number of rotatable bonds is 8.